The maximum atomic E-state index is 5.84. The van der Waals surface area contributed by atoms with Crippen LogP contribution in [0.1, 0.15) is 39.5 Å². The highest BCUT2D eigenvalue weighted by Gasteiger charge is 2.00. The van der Waals surface area contributed by atoms with Crippen molar-refractivity contribution in [1.82, 2.24) is 5.32 Å². The van der Waals surface area contributed by atoms with E-state index < -0.39 is 0 Å². The van der Waals surface area contributed by atoms with Crippen molar-refractivity contribution in [2.45, 2.75) is 50.5 Å². The first-order valence-corrected chi connectivity index (χ1v) is 8.45. The van der Waals surface area contributed by atoms with Gasteiger partial charge in [-0.2, -0.15) is 0 Å². The molecule has 0 aromatic heterocycles. The highest BCUT2D eigenvalue weighted by molar-refractivity contribution is 7.98. The van der Waals surface area contributed by atoms with Crippen LogP contribution in [0.15, 0.2) is 29.2 Å². The van der Waals surface area contributed by atoms with Gasteiger partial charge < -0.3 is 10.1 Å². The summed E-state index contributed by atoms with van der Waals surface area (Å²) in [5, 5.41) is 3.44. The summed E-state index contributed by atoms with van der Waals surface area (Å²) >= 11 is 1.74. The normalized spacial score (nSPS) is 10.9. The van der Waals surface area contributed by atoms with E-state index in [0.29, 0.717) is 6.04 Å². The highest BCUT2D eigenvalue weighted by atomic mass is 32.2. The van der Waals surface area contributed by atoms with Gasteiger partial charge in [0.1, 0.15) is 5.75 Å². The van der Waals surface area contributed by atoms with Crippen molar-refractivity contribution in [3.63, 3.8) is 0 Å². The van der Waals surface area contributed by atoms with Gasteiger partial charge in [-0.1, -0.05) is 38.8 Å². The zero-order valence-electron chi connectivity index (χ0n) is 12.4. The van der Waals surface area contributed by atoms with E-state index in [1.54, 1.807) is 11.8 Å². The van der Waals surface area contributed by atoms with Crippen molar-refractivity contribution in [1.29, 1.82) is 0 Å². The molecule has 0 saturated heterocycles. The number of nitrogens with one attached hydrogen (secondary N) is 1. The Morgan fingerprint density at radius 3 is 2.58 bits per heavy atom. The molecule has 0 aliphatic carbocycles. The van der Waals surface area contributed by atoms with Crippen LogP contribution in [0.25, 0.3) is 0 Å². The van der Waals surface area contributed by atoms with Crippen molar-refractivity contribution in [3.05, 3.63) is 24.3 Å². The van der Waals surface area contributed by atoms with Crippen molar-refractivity contribution >= 4 is 11.8 Å². The Morgan fingerprint density at radius 1 is 1.11 bits per heavy atom. The summed E-state index contributed by atoms with van der Waals surface area (Å²) in [5.41, 5.74) is 0. The number of hydrogen-bond acceptors (Lipinski definition) is 3. The van der Waals surface area contributed by atoms with Gasteiger partial charge in [-0.3, -0.25) is 0 Å². The maximum absolute atomic E-state index is 5.84. The molecule has 0 heterocycles. The summed E-state index contributed by atoms with van der Waals surface area (Å²) in [6, 6.07) is 8.86. The monoisotopic (exact) mass is 281 g/mol. The molecule has 0 saturated carbocycles. The second-order valence-corrected chi connectivity index (χ2v) is 5.87. The largest absolute Gasteiger partial charge is 0.492 e. The Bertz CT molecular complexity index is 341. The number of unbranched alkanes of at least 4 members (excludes halogenated alkanes) is 3. The van der Waals surface area contributed by atoms with E-state index in [1.165, 1.54) is 24.2 Å². The molecule has 1 rings (SSSR count). The number of rotatable bonds is 10. The Kier molecular flexibility index (Phi) is 8.76. The minimum atomic E-state index is 0.603. The van der Waals surface area contributed by atoms with Crippen LogP contribution in [0.5, 0.6) is 5.75 Å². The summed E-state index contributed by atoms with van der Waals surface area (Å²) in [5.74, 6) is 1.02. The lowest BCUT2D eigenvalue weighted by Crippen LogP contribution is -2.23. The third-order valence-electron chi connectivity index (χ3n) is 2.95. The second-order valence-electron chi connectivity index (χ2n) is 5.02. The van der Waals surface area contributed by atoms with Gasteiger partial charge in [0, 0.05) is 10.9 Å². The van der Waals surface area contributed by atoms with Crippen LogP contribution in [-0.4, -0.2) is 25.4 Å². The fourth-order valence-electron chi connectivity index (χ4n) is 1.89. The molecule has 0 spiro atoms. The Morgan fingerprint density at radius 2 is 1.84 bits per heavy atom. The Balaban J connectivity index is 2.04. The molecule has 0 unspecified atom stereocenters. The maximum Gasteiger partial charge on any atom is 0.132 e. The molecule has 0 fully saturated rings. The summed E-state index contributed by atoms with van der Waals surface area (Å²) in [6.07, 6.45) is 7.03. The van der Waals surface area contributed by atoms with E-state index in [1.807, 2.05) is 6.07 Å². The molecule has 0 atom stereocenters. The van der Waals surface area contributed by atoms with Gasteiger partial charge in [0.05, 0.1) is 6.61 Å². The van der Waals surface area contributed by atoms with E-state index in [2.05, 4.69) is 43.6 Å². The zero-order chi connectivity index (χ0) is 13.9. The van der Waals surface area contributed by atoms with E-state index in [4.69, 9.17) is 4.74 Å². The molecule has 0 amide bonds. The first-order chi connectivity index (χ1) is 9.24. The lowest BCUT2D eigenvalue weighted by Gasteiger charge is -2.10. The van der Waals surface area contributed by atoms with Gasteiger partial charge >= 0.3 is 0 Å². The van der Waals surface area contributed by atoms with Crippen LogP contribution < -0.4 is 10.1 Å². The van der Waals surface area contributed by atoms with Crippen LogP contribution in [0.4, 0.5) is 0 Å². The van der Waals surface area contributed by atoms with Gasteiger partial charge in [-0.25, -0.2) is 0 Å². The first-order valence-electron chi connectivity index (χ1n) is 7.23. The predicted octanol–water partition coefficient (Wildman–Crippen LogP) is 4.35. The van der Waals surface area contributed by atoms with Crippen molar-refractivity contribution in [2.75, 3.05) is 19.4 Å². The summed E-state index contributed by atoms with van der Waals surface area (Å²) in [4.78, 5) is 1.23. The standard InChI is InChI=1S/C16H27NOS/c1-14(2)17-12-8-4-5-9-13-18-15-10-6-7-11-16(15)19-3/h6-7,10-11,14,17H,4-5,8-9,12-13H2,1-3H3. The summed E-state index contributed by atoms with van der Waals surface area (Å²) in [7, 11) is 0. The van der Waals surface area contributed by atoms with Crippen LogP contribution in [0, 0.1) is 0 Å². The minimum absolute atomic E-state index is 0.603. The van der Waals surface area contributed by atoms with Crippen LogP contribution in [0.3, 0.4) is 0 Å². The molecule has 1 N–H and O–H groups in total. The van der Waals surface area contributed by atoms with Crippen molar-refractivity contribution in [2.24, 2.45) is 0 Å². The lowest BCUT2D eigenvalue weighted by molar-refractivity contribution is 0.298. The van der Waals surface area contributed by atoms with E-state index in [9.17, 15) is 0 Å². The van der Waals surface area contributed by atoms with Gasteiger partial charge in [0.15, 0.2) is 0 Å². The van der Waals surface area contributed by atoms with Crippen LogP contribution in [-0.2, 0) is 0 Å². The van der Waals surface area contributed by atoms with E-state index >= 15 is 0 Å². The lowest BCUT2D eigenvalue weighted by atomic mass is 10.2. The third-order valence-corrected chi connectivity index (χ3v) is 3.73. The first kappa shape index (κ1) is 16.4. The number of hydrogen-bond donors (Lipinski definition) is 1. The van der Waals surface area contributed by atoms with Gasteiger partial charge in [-0.15, -0.1) is 11.8 Å². The number of benzene rings is 1. The molecule has 0 radical (unpaired) electrons. The molecule has 3 heteroatoms. The molecule has 1 aromatic carbocycles. The average molecular weight is 281 g/mol. The fourth-order valence-corrected chi connectivity index (χ4v) is 2.43. The predicted molar refractivity (Wildman–Crippen MR) is 85.3 cm³/mol. The third kappa shape index (κ3) is 7.48. The second kappa shape index (κ2) is 10.2. The minimum Gasteiger partial charge on any atom is -0.492 e. The van der Waals surface area contributed by atoms with Crippen molar-refractivity contribution in [3.8, 4) is 5.75 Å². The molecule has 108 valence electrons. The van der Waals surface area contributed by atoms with Crippen molar-refractivity contribution < 1.29 is 4.74 Å². The quantitative estimate of drug-likeness (QED) is 0.509. The molecule has 19 heavy (non-hydrogen) atoms. The zero-order valence-corrected chi connectivity index (χ0v) is 13.3. The van der Waals surface area contributed by atoms with E-state index in [-0.39, 0.29) is 0 Å². The fraction of sp³-hybridized carbons (Fsp3) is 0.625. The Labute approximate surface area is 122 Å². The molecule has 1 aromatic rings. The molecule has 2 nitrogen and oxygen atoms in total. The summed E-state index contributed by atoms with van der Waals surface area (Å²) < 4.78 is 5.84. The van der Waals surface area contributed by atoms with Crippen LogP contribution in [0.2, 0.25) is 0 Å². The number of thioether (sulfide) groups is 1. The Hall–Kier alpha value is -0.670. The van der Waals surface area contributed by atoms with Gasteiger partial charge in [0.2, 0.25) is 0 Å². The number of ether oxygens (including phenoxy) is 1. The SMILES string of the molecule is CSc1ccccc1OCCCCCCNC(C)C. The average Bonchev–Trinajstić information content (AvgIpc) is 2.42. The summed E-state index contributed by atoms with van der Waals surface area (Å²) in [6.45, 7) is 6.34. The highest BCUT2D eigenvalue weighted by Crippen LogP contribution is 2.26. The topological polar surface area (TPSA) is 21.3 Å². The van der Waals surface area contributed by atoms with Gasteiger partial charge in [-0.05, 0) is 37.8 Å². The molecule has 0 aliphatic rings. The molecule has 0 aliphatic heterocycles. The molecular weight excluding hydrogens is 254 g/mol. The number of para-hydroxylation sites is 1. The smallest absolute Gasteiger partial charge is 0.132 e. The van der Waals surface area contributed by atoms with E-state index in [0.717, 1.165) is 25.3 Å². The molecular formula is C16H27NOS. The van der Waals surface area contributed by atoms with Crippen LogP contribution >= 0.6 is 11.8 Å². The van der Waals surface area contributed by atoms with Gasteiger partial charge in [0.25, 0.3) is 0 Å². The molecule has 0 bridgehead atoms.